The van der Waals surface area contributed by atoms with Crippen molar-refractivity contribution in [3.8, 4) is 0 Å². The van der Waals surface area contributed by atoms with Crippen LogP contribution in [0.4, 0.5) is 5.69 Å². The molecule has 0 saturated carbocycles. The van der Waals surface area contributed by atoms with Crippen LogP contribution in [0.15, 0.2) is 68.6 Å². The van der Waals surface area contributed by atoms with Crippen LogP contribution in [0.5, 0.6) is 0 Å². The van der Waals surface area contributed by atoms with E-state index in [-0.39, 0.29) is 12.1 Å². The maximum absolute atomic E-state index is 12.4. The van der Waals surface area contributed by atoms with Gasteiger partial charge in [-0.1, -0.05) is 17.3 Å². The van der Waals surface area contributed by atoms with Crippen LogP contribution in [-0.2, 0) is 11.3 Å². The third-order valence-electron chi connectivity index (χ3n) is 3.83. The van der Waals surface area contributed by atoms with Crippen molar-refractivity contribution in [1.29, 1.82) is 0 Å². The third kappa shape index (κ3) is 2.95. The van der Waals surface area contributed by atoms with E-state index in [9.17, 15) is 14.4 Å². The number of benzene rings is 2. The van der Waals surface area contributed by atoms with Gasteiger partial charge in [0.1, 0.15) is 17.6 Å². The third-order valence-corrected chi connectivity index (χ3v) is 3.83. The molecule has 0 radical (unpaired) electrons. The van der Waals surface area contributed by atoms with E-state index in [2.05, 4.69) is 15.6 Å². The molecule has 0 bridgehead atoms. The topological polar surface area (TPSA) is 107 Å². The van der Waals surface area contributed by atoms with Gasteiger partial charge in [0, 0.05) is 17.1 Å². The van der Waals surface area contributed by atoms with Gasteiger partial charge in [0.15, 0.2) is 0 Å². The van der Waals surface area contributed by atoms with Gasteiger partial charge in [-0.25, -0.2) is 9.48 Å². The number of hydrogen-bond donors (Lipinski definition) is 1. The minimum absolute atomic E-state index is 0.265. The minimum Gasteiger partial charge on any atom is -0.423 e. The Morgan fingerprint density at radius 1 is 1.08 bits per heavy atom. The molecular weight excluding hydrogens is 336 g/mol. The van der Waals surface area contributed by atoms with E-state index in [1.165, 1.54) is 6.07 Å². The molecule has 128 valence electrons. The lowest BCUT2D eigenvalue weighted by atomic mass is 10.2. The van der Waals surface area contributed by atoms with Gasteiger partial charge in [0.25, 0.3) is 5.56 Å². The number of rotatable bonds is 3. The SMILES string of the molecule is O=C(Cn1nnc2ccccc2c1=O)Nc1ccc2oc(=O)ccc2c1. The summed E-state index contributed by atoms with van der Waals surface area (Å²) in [7, 11) is 0. The Hall–Kier alpha value is -3.81. The molecule has 0 aliphatic carbocycles. The quantitative estimate of drug-likeness (QED) is 0.563. The summed E-state index contributed by atoms with van der Waals surface area (Å²) in [6, 6.07) is 14.6. The molecule has 2 aromatic carbocycles. The van der Waals surface area contributed by atoms with Gasteiger partial charge in [-0.15, -0.1) is 5.10 Å². The number of aromatic nitrogens is 3. The fourth-order valence-corrected chi connectivity index (χ4v) is 2.61. The number of nitrogens with one attached hydrogen (secondary N) is 1. The molecule has 2 aromatic heterocycles. The van der Waals surface area contributed by atoms with Crippen LogP contribution in [0.1, 0.15) is 0 Å². The zero-order valence-corrected chi connectivity index (χ0v) is 13.4. The predicted molar refractivity (Wildman–Crippen MR) is 94.9 cm³/mol. The number of hydrogen-bond acceptors (Lipinski definition) is 6. The fraction of sp³-hybridized carbons (Fsp3) is 0.0556. The van der Waals surface area contributed by atoms with E-state index in [1.54, 1.807) is 48.5 Å². The second kappa shape index (κ2) is 6.25. The van der Waals surface area contributed by atoms with Crippen LogP contribution in [-0.4, -0.2) is 20.9 Å². The van der Waals surface area contributed by atoms with Crippen LogP contribution < -0.4 is 16.5 Å². The molecule has 0 unspecified atom stereocenters. The second-order valence-corrected chi connectivity index (χ2v) is 5.62. The molecule has 4 rings (SSSR count). The lowest BCUT2D eigenvalue weighted by Gasteiger charge is -2.07. The summed E-state index contributed by atoms with van der Waals surface area (Å²) in [4.78, 5) is 35.8. The molecule has 2 heterocycles. The highest BCUT2D eigenvalue weighted by atomic mass is 16.4. The van der Waals surface area contributed by atoms with Crippen LogP contribution >= 0.6 is 0 Å². The summed E-state index contributed by atoms with van der Waals surface area (Å²) in [5.74, 6) is -0.423. The van der Waals surface area contributed by atoms with Crippen molar-refractivity contribution in [2.24, 2.45) is 0 Å². The molecule has 4 aromatic rings. The molecular formula is C18H12N4O4. The van der Waals surface area contributed by atoms with E-state index in [0.717, 1.165) is 4.68 Å². The van der Waals surface area contributed by atoms with Crippen molar-refractivity contribution >= 4 is 33.5 Å². The van der Waals surface area contributed by atoms with Gasteiger partial charge in [-0.05, 0) is 36.4 Å². The molecule has 0 aliphatic heterocycles. The number of fused-ring (bicyclic) bond motifs is 2. The summed E-state index contributed by atoms with van der Waals surface area (Å²) < 4.78 is 6.05. The number of carbonyl (C=O) groups is 1. The summed E-state index contributed by atoms with van der Waals surface area (Å²) in [5, 5.41) is 11.5. The van der Waals surface area contributed by atoms with E-state index in [0.29, 0.717) is 27.6 Å². The summed E-state index contributed by atoms with van der Waals surface area (Å²) in [5.41, 5.74) is 0.588. The number of nitrogens with zero attached hydrogens (tertiary/aromatic N) is 3. The summed E-state index contributed by atoms with van der Waals surface area (Å²) in [6.45, 7) is -0.265. The van der Waals surface area contributed by atoms with Crippen LogP contribution in [0.25, 0.3) is 21.9 Å². The molecule has 0 atom stereocenters. The van der Waals surface area contributed by atoms with Gasteiger partial charge < -0.3 is 9.73 Å². The van der Waals surface area contributed by atoms with E-state index < -0.39 is 11.5 Å². The molecule has 26 heavy (non-hydrogen) atoms. The Balaban J connectivity index is 1.57. The maximum atomic E-state index is 12.4. The van der Waals surface area contributed by atoms with Crippen LogP contribution in [0.2, 0.25) is 0 Å². The smallest absolute Gasteiger partial charge is 0.336 e. The van der Waals surface area contributed by atoms with Gasteiger partial charge in [0.05, 0.1) is 5.39 Å². The van der Waals surface area contributed by atoms with Crippen molar-refractivity contribution in [3.05, 3.63) is 75.4 Å². The highest BCUT2D eigenvalue weighted by Gasteiger charge is 2.10. The fourth-order valence-electron chi connectivity index (χ4n) is 2.61. The Kier molecular flexibility index (Phi) is 3.77. The van der Waals surface area contributed by atoms with Gasteiger partial charge in [-0.3, -0.25) is 9.59 Å². The van der Waals surface area contributed by atoms with Gasteiger partial charge in [0.2, 0.25) is 5.91 Å². The van der Waals surface area contributed by atoms with E-state index >= 15 is 0 Å². The monoisotopic (exact) mass is 348 g/mol. The van der Waals surface area contributed by atoms with Crippen molar-refractivity contribution in [1.82, 2.24) is 15.0 Å². The van der Waals surface area contributed by atoms with Crippen molar-refractivity contribution in [2.45, 2.75) is 6.54 Å². The molecule has 0 aliphatic rings. The first-order chi connectivity index (χ1) is 12.6. The molecule has 0 saturated heterocycles. The van der Waals surface area contributed by atoms with Crippen molar-refractivity contribution < 1.29 is 9.21 Å². The predicted octanol–water partition coefficient (Wildman–Crippen LogP) is 1.54. The zero-order chi connectivity index (χ0) is 18.1. The molecule has 8 heteroatoms. The number of carbonyl (C=O) groups excluding carboxylic acids is 1. The number of anilines is 1. The first kappa shape index (κ1) is 15.7. The molecule has 1 N–H and O–H groups in total. The zero-order valence-electron chi connectivity index (χ0n) is 13.4. The lowest BCUT2D eigenvalue weighted by Crippen LogP contribution is -2.30. The Bertz CT molecular complexity index is 1260. The lowest BCUT2D eigenvalue weighted by molar-refractivity contribution is -0.117. The Morgan fingerprint density at radius 3 is 2.81 bits per heavy atom. The average molecular weight is 348 g/mol. The van der Waals surface area contributed by atoms with Crippen molar-refractivity contribution in [2.75, 3.05) is 5.32 Å². The largest absolute Gasteiger partial charge is 0.423 e. The highest BCUT2D eigenvalue weighted by molar-refractivity contribution is 5.93. The standard InChI is InChI=1S/C18H12N4O4/c23-16(10-22-18(25)13-3-1-2-4-14(13)20-21-22)19-12-6-7-15-11(9-12)5-8-17(24)26-15/h1-9H,10H2,(H,19,23). The molecule has 0 spiro atoms. The van der Waals surface area contributed by atoms with Gasteiger partial charge in [-0.2, -0.15) is 0 Å². The minimum atomic E-state index is -0.441. The summed E-state index contributed by atoms with van der Waals surface area (Å²) in [6.07, 6.45) is 0. The molecule has 8 nitrogen and oxygen atoms in total. The summed E-state index contributed by atoms with van der Waals surface area (Å²) >= 11 is 0. The maximum Gasteiger partial charge on any atom is 0.336 e. The van der Waals surface area contributed by atoms with E-state index in [1.807, 2.05) is 0 Å². The van der Waals surface area contributed by atoms with Crippen LogP contribution in [0.3, 0.4) is 0 Å². The second-order valence-electron chi connectivity index (χ2n) is 5.62. The Labute approximate surface area is 145 Å². The molecule has 1 amide bonds. The van der Waals surface area contributed by atoms with Crippen molar-refractivity contribution in [3.63, 3.8) is 0 Å². The first-order valence-electron chi connectivity index (χ1n) is 7.76. The Morgan fingerprint density at radius 2 is 1.92 bits per heavy atom. The normalized spacial score (nSPS) is 10.9. The number of amides is 1. The average Bonchev–Trinajstić information content (AvgIpc) is 2.64. The van der Waals surface area contributed by atoms with Gasteiger partial charge >= 0.3 is 5.63 Å². The molecule has 0 fully saturated rings. The highest BCUT2D eigenvalue weighted by Crippen LogP contribution is 2.17. The first-order valence-corrected chi connectivity index (χ1v) is 7.76. The van der Waals surface area contributed by atoms with Crippen LogP contribution in [0, 0.1) is 0 Å². The van der Waals surface area contributed by atoms with E-state index in [4.69, 9.17) is 4.42 Å².